The fourth-order valence-electron chi connectivity index (χ4n) is 2.87. The Bertz CT molecular complexity index is 1020. The van der Waals surface area contributed by atoms with Gasteiger partial charge >= 0.3 is 0 Å². The van der Waals surface area contributed by atoms with Crippen molar-refractivity contribution in [3.8, 4) is 0 Å². The quantitative estimate of drug-likeness (QED) is 0.654. The zero-order valence-corrected chi connectivity index (χ0v) is 16.3. The van der Waals surface area contributed by atoms with Gasteiger partial charge < -0.3 is 0 Å². The molecule has 0 aliphatic carbocycles. The van der Waals surface area contributed by atoms with Crippen LogP contribution in [0.4, 0.5) is 0 Å². The molecular formula is C23H23NO2S. The second-order valence-electron chi connectivity index (χ2n) is 6.54. The normalized spacial score (nSPS) is 13.0. The first-order valence-corrected chi connectivity index (χ1v) is 10.3. The highest BCUT2D eigenvalue weighted by Gasteiger charge is 2.20. The van der Waals surface area contributed by atoms with Gasteiger partial charge in [0.05, 0.1) is 10.9 Å². The predicted molar refractivity (Wildman–Crippen MR) is 111 cm³/mol. The number of hydrogen-bond donors (Lipinski definition) is 1. The van der Waals surface area contributed by atoms with Crippen LogP contribution in [0.2, 0.25) is 0 Å². The minimum Gasteiger partial charge on any atom is -0.207 e. The third kappa shape index (κ3) is 4.94. The van der Waals surface area contributed by atoms with Crippen molar-refractivity contribution in [1.82, 2.24) is 4.72 Å². The maximum Gasteiger partial charge on any atom is 0.241 e. The van der Waals surface area contributed by atoms with E-state index in [9.17, 15) is 8.42 Å². The van der Waals surface area contributed by atoms with Crippen LogP contribution in [0, 0.1) is 13.8 Å². The molecule has 1 N–H and O–H groups in total. The molecule has 0 aliphatic heterocycles. The van der Waals surface area contributed by atoms with Crippen molar-refractivity contribution in [3.05, 3.63) is 107 Å². The Balaban J connectivity index is 1.96. The van der Waals surface area contributed by atoms with Crippen molar-refractivity contribution < 1.29 is 8.42 Å². The molecule has 27 heavy (non-hydrogen) atoms. The van der Waals surface area contributed by atoms with Crippen LogP contribution in [0.25, 0.3) is 6.08 Å². The molecule has 0 saturated carbocycles. The molecule has 3 rings (SSSR count). The summed E-state index contributed by atoms with van der Waals surface area (Å²) in [6.45, 7) is 3.92. The minimum absolute atomic E-state index is 0.264. The summed E-state index contributed by atoms with van der Waals surface area (Å²) in [5.41, 5.74) is 4.01. The lowest BCUT2D eigenvalue weighted by Gasteiger charge is -2.18. The summed E-state index contributed by atoms with van der Waals surface area (Å²) in [5.74, 6) is 0. The van der Waals surface area contributed by atoms with Crippen LogP contribution in [0.15, 0.2) is 89.8 Å². The Morgan fingerprint density at radius 3 is 2.11 bits per heavy atom. The zero-order chi connectivity index (χ0) is 19.3. The summed E-state index contributed by atoms with van der Waals surface area (Å²) >= 11 is 0. The van der Waals surface area contributed by atoms with Crippen molar-refractivity contribution in [2.75, 3.05) is 0 Å². The first-order chi connectivity index (χ1) is 13.0. The average Bonchev–Trinajstić information content (AvgIpc) is 2.67. The van der Waals surface area contributed by atoms with Gasteiger partial charge in [-0.2, -0.15) is 4.72 Å². The van der Waals surface area contributed by atoms with Gasteiger partial charge in [0.1, 0.15) is 0 Å². The van der Waals surface area contributed by atoms with E-state index in [4.69, 9.17) is 0 Å². The SMILES string of the molecule is Cc1ccc(S(=O)(=O)N[C@@H](/C=C/c2ccccc2)c2ccccc2C)cc1. The van der Waals surface area contributed by atoms with Gasteiger partial charge in [-0.3, -0.25) is 0 Å². The van der Waals surface area contributed by atoms with E-state index < -0.39 is 16.1 Å². The monoisotopic (exact) mass is 377 g/mol. The molecule has 3 nitrogen and oxygen atoms in total. The van der Waals surface area contributed by atoms with E-state index in [0.717, 1.165) is 22.3 Å². The van der Waals surface area contributed by atoms with Crippen molar-refractivity contribution in [2.45, 2.75) is 24.8 Å². The second kappa shape index (κ2) is 8.33. The number of aryl methyl sites for hydroxylation is 2. The molecule has 0 aliphatic rings. The molecule has 0 amide bonds. The Morgan fingerprint density at radius 1 is 0.815 bits per heavy atom. The van der Waals surface area contributed by atoms with Crippen LogP contribution in [-0.4, -0.2) is 8.42 Å². The van der Waals surface area contributed by atoms with Gasteiger partial charge in [-0.05, 0) is 42.7 Å². The Kier molecular flexibility index (Phi) is 5.89. The maximum absolute atomic E-state index is 12.9. The smallest absolute Gasteiger partial charge is 0.207 e. The molecule has 4 heteroatoms. The van der Waals surface area contributed by atoms with Gasteiger partial charge in [0.25, 0.3) is 0 Å². The Hall–Kier alpha value is -2.69. The van der Waals surface area contributed by atoms with Crippen LogP contribution >= 0.6 is 0 Å². The van der Waals surface area contributed by atoms with Crippen LogP contribution in [0.1, 0.15) is 28.3 Å². The molecule has 0 fully saturated rings. The number of rotatable bonds is 6. The first-order valence-electron chi connectivity index (χ1n) is 8.83. The van der Waals surface area contributed by atoms with Gasteiger partial charge in [-0.15, -0.1) is 0 Å². The topological polar surface area (TPSA) is 46.2 Å². The molecular weight excluding hydrogens is 354 g/mol. The standard InChI is InChI=1S/C23H23NO2S/c1-18-12-15-21(16-13-18)27(25,26)24-23(22-11-7-6-8-19(22)2)17-14-20-9-4-3-5-10-20/h3-17,23-24H,1-2H3/b17-14+/t23-/m0/s1. The highest BCUT2D eigenvalue weighted by Crippen LogP contribution is 2.23. The average molecular weight is 378 g/mol. The van der Waals surface area contributed by atoms with Crippen molar-refractivity contribution in [3.63, 3.8) is 0 Å². The minimum atomic E-state index is -3.65. The number of sulfonamides is 1. The fourth-order valence-corrected chi connectivity index (χ4v) is 4.04. The van der Waals surface area contributed by atoms with Crippen LogP contribution in [0.3, 0.4) is 0 Å². The van der Waals surface area contributed by atoms with Crippen molar-refractivity contribution in [1.29, 1.82) is 0 Å². The van der Waals surface area contributed by atoms with Crippen molar-refractivity contribution in [2.24, 2.45) is 0 Å². The van der Waals surface area contributed by atoms with E-state index in [0.29, 0.717) is 0 Å². The zero-order valence-electron chi connectivity index (χ0n) is 15.5. The highest BCUT2D eigenvalue weighted by molar-refractivity contribution is 7.89. The molecule has 0 spiro atoms. The molecule has 1 atom stereocenters. The lowest BCUT2D eigenvalue weighted by Crippen LogP contribution is -2.28. The number of nitrogens with one attached hydrogen (secondary N) is 1. The molecule has 0 radical (unpaired) electrons. The molecule has 3 aromatic carbocycles. The summed E-state index contributed by atoms with van der Waals surface area (Å²) in [5, 5.41) is 0. The molecule has 0 aromatic heterocycles. The first kappa shape index (κ1) is 19.1. The molecule has 138 valence electrons. The maximum atomic E-state index is 12.9. The van der Waals surface area contributed by atoms with E-state index in [-0.39, 0.29) is 4.90 Å². The molecule has 3 aromatic rings. The molecule has 0 heterocycles. The summed E-state index contributed by atoms with van der Waals surface area (Å²) in [6, 6.07) is 24.1. The van der Waals surface area contributed by atoms with E-state index in [1.807, 2.05) is 80.6 Å². The lowest BCUT2D eigenvalue weighted by atomic mass is 10.0. The summed E-state index contributed by atoms with van der Waals surface area (Å²) in [7, 11) is -3.65. The molecule has 0 saturated heterocycles. The fraction of sp³-hybridized carbons (Fsp3) is 0.130. The third-order valence-corrected chi connectivity index (χ3v) is 5.87. The largest absolute Gasteiger partial charge is 0.241 e. The summed E-state index contributed by atoms with van der Waals surface area (Å²) in [4.78, 5) is 0.264. The molecule has 0 bridgehead atoms. The number of hydrogen-bond acceptors (Lipinski definition) is 2. The number of benzene rings is 3. The Morgan fingerprint density at radius 2 is 1.44 bits per heavy atom. The van der Waals surface area contributed by atoms with Gasteiger partial charge in [0, 0.05) is 0 Å². The van der Waals surface area contributed by atoms with Crippen LogP contribution in [0.5, 0.6) is 0 Å². The van der Waals surface area contributed by atoms with Gasteiger partial charge in [-0.25, -0.2) is 8.42 Å². The van der Waals surface area contributed by atoms with Crippen LogP contribution in [-0.2, 0) is 10.0 Å². The van der Waals surface area contributed by atoms with Gasteiger partial charge in [0.2, 0.25) is 10.0 Å². The van der Waals surface area contributed by atoms with E-state index in [1.165, 1.54) is 0 Å². The van der Waals surface area contributed by atoms with Crippen molar-refractivity contribution >= 4 is 16.1 Å². The summed E-state index contributed by atoms with van der Waals surface area (Å²) < 4.78 is 28.7. The predicted octanol–water partition coefficient (Wildman–Crippen LogP) is 5.04. The van der Waals surface area contributed by atoms with Gasteiger partial charge in [0.15, 0.2) is 0 Å². The van der Waals surface area contributed by atoms with Gasteiger partial charge in [-0.1, -0.05) is 84.4 Å². The van der Waals surface area contributed by atoms with E-state index in [1.54, 1.807) is 24.3 Å². The van der Waals surface area contributed by atoms with Crippen LogP contribution < -0.4 is 4.72 Å². The lowest BCUT2D eigenvalue weighted by molar-refractivity contribution is 0.574. The summed E-state index contributed by atoms with van der Waals surface area (Å²) in [6.07, 6.45) is 3.83. The van der Waals surface area contributed by atoms with E-state index in [2.05, 4.69) is 4.72 Å². The van der Waals surface area contributed by atoms with E-state index >= 15 is 0 Å². The highest BCUT2D eigenvalue weighted by atomic mass is 32.2. The third-order valence-electron chi connectivity index (χ3n) is 4.42. The second-order valence-corrected chi connectivity index (χ2v) is 8.25. The molecule has 0 unspecified atom stereocenters. The Labute approximate surface area is 161 Å².